The maximum atomic E-state index is 9.75. The minimum Gasteiger partial charge on any atom is -0.394 e. The van der Waals surface area contributed by atoms with Crippen molar-refractivity contribution >= 4 is 0 Å². The van der Waals surface area contributed by atoms with Crippen LogP contribution in [0.15, 0.2) is 0 Å². The van der Waals surface area contributed by atoms with E-state index in [1.165, 1.54) is 19.3 Å². The molecule has 0 amide bonds. The molecule has 6 nitrogen and oxygen atoms in total. The van der Waals surface area contributed by atoms with E-state index in [2.05, 4.69) is 6.92 Å². The van der Waals surface area contributed by atoms with E-state index in [-0.39, 0.29) is 0 Å². The fourth-order valence-electron chi connectivity index (χ4n) is 1.97. The van der Waals surface area contributed by atoms with Crippen molar-refractivity contribution in [2.75, 3.05) is 19.8 Å². The SMILES string of the molecule is CCCCCCCCOC(C(O)CO)C(O)C(O)CO. The lowest BCUT2D eigenvalue weighted by Crippen LogP contribution is -2.48. The number of unbranched alkanes of at least 4 members (excludes halogenated alkanes) is 5. The summed E-state index contributed by atoms with van der Waals surface area (Å²) in [5.41, 5.74) is 0. The Morgan fingerprint density at radius 2 is 1.35 bits per heavy atom. The lowest BCUT2D eigenvalue weighted by molar-refractivity contribution is -0.149. The second-order valence-corrected chi connectivity index (χ2v) is 5.09. The molecule has 122 valence electrons. The van der Waals surface area contributed by atoms with Crippen LogP contribution >= 0.6 is 0 Å². The molecule has 0 aromatic rings. The molecule has 0 aliphatic heterocycles. The third-order valence-electron chi connectivity index (χ3n) is 3.29. The second kappa shape index (κ2) is 12.5. The van der Waals surface area contributed by atoms with Crippen LogP contribution in [-0.4, -0.2) is 69.8 Å². The summed E-state index contributed by atoms with van der Waals surface area (Å²) in [5, 5.41) is 46.4. The zero-order valence-corrected chi connectivity index (χ0v) is 12.3. The Morgan fingerprint density at radius 1 is 0.800 bits per heavy atom. The number of rotatable bonds is 13. The topological polar surface area (TPSA) is 110 Å². The summed E-state index contributed by atoms with van der Waals surface area (Å²) >= 11 is 0. The largest absolute Gasteiger partial charge is 0.394 e. The Balaban J connectivity index is 3.99. The van der Waals surface area contributed by atoms with E-state index in [4.69, 9.17) is 14.9 Å². The van der Waals surface area contributed by atoms with Crippen LogP contribution < -0.4 is 0 Å². The zero-order chi connectivity index (χ0) is 15.4. The first-order valence-corrected chi connectivity index (χ1v) is 7.46. The third-order valence-corrected chi connectivity index (χ3v) is 3.29. The van der Waals surface area contributed by atoms with Gasteiger partial charge in [-0.25, -0.2) is 0 Å². The minimum atomic E-state index is -1.43. The summed E-state index contributed by atoms with van der Waals surface area (Å²) in [6.45, 7) is 1.29. The van der Waals surface area contributed by atoms with Crippen LogP contribution in [0, 0.1) is 0 Å². The highest BCUT2D eigenvalue weighted by atomic mass is 16.5. The van der Waals surface area contributed by atoms with Gasteiger partial charge in [0.05, 0.1) is 13.2 Å². The Bertz CT molecular complexity index is 214. The van der Waals surface area contributed by atoms with E-state index >= 15 is 0 Å². The van der Waals surface area contributed by atoms with Crippen molar-refractivity contribution in [2.45, 2.75) is 69.9 Å². The lowest BCUT2D eigenvalue weighted by Gasteiger charge is -2.29. The number of hydrogen-bond donors (Lipinski definition) is 5. The molecule has 0 radical (unpaired) electrons. The summed E-state index contributed by atoms with van der Waals surface area (Å²) in [6, 6.07) is 0. The van der Waals surface area contributed by atoms with Crippen LogP contribution in [0.5, 0.6) is 0 Å². The summed E-state index contributed by atoms with van der Waals surface area (Å²) < 4.78 is 5.35. The van der Waals surface area contributed by atoms with E-state index in [0.29, 0.717) is 6.61 Å². The molecule has 20 heavy (non-hydrogen) atoms. The van der Waals surface area contributed by atoms with E-state index in [1.54, 1.807) is 0 Å². The van der Waals surface area contributed by atoms with Gasteiger partial charge in [0, 0.05) is 6.61 Å². The quantitative estimate of drug-likeness (QED) is 0.301. The Hall–Kier alpha value is -0.240. The average Bonchev–Trinajstić information content (AvgIpc) is 2.47. The molecule has 4 unspecified atom stereocenters. The molecule has 0 spiro atoms. The van der Waals surface area contributed by atoms with Crippen molar-refractivity contribution in [1.29, 1.82) is 0 Å². The first-order chi connectivity index (χ1) is 9.58. The van der Waals surface area contributed by atoms with Gasteiger partial charge in [-0.05, 0) is 6.42 Å². The molecule has 6 heteroatoms. The lowest BCUT2D eigenvalue weighted by atomic mass is 10.0. The smallest absolute Gasteiger partial charge is 0.114 e. The van der Waals surface area contributed by atoms with E-state index in [1.807, 2.05) is 0 Å². The second-order valence-electron chi connectivity index (χ2n) is 5.09. The van der Waals surface area contributed by atoms with E-state index < -0.39 is 37.6 Å². The maximum Gasteiger partial charge on any atom is 0.114 e. The van der Waals surface area contributed by atoms with Crippen molar-refractivity contribution in [1.82, 2.24) is 0 Å². The molecular formula is C14H30O6. The van der Waals surface area contributed by atoms with E-state index in [0.717, 1.165) is 19.3 Å². The summed E-state index contributed by atoms with van der Waals surface area (Å²) in [5.74, 6) is 0. The number of aliphatic hydroxyl groups is 5. The Labute approximate surface area is 121 Å². The fraction of sp³-hybridized carbons (Fsp3) is 1.00. The molecular weight excluding hydrogens is 264 g/mol. The van der Waals surface area contributed by atoms with Crippen molar-refractivity contribution in [3.8, 4) is 0 Å². The summed E-state index contributed by atoms with van der Waals surface area (Å²) in [6.07, 6.45) is 1.29. The molecule has 0 fully saturated rings. The van der Waals surface area contributed by atoms with Gasteiger partial charge in [0.25, 0.3) is 0 Å². The monoisotopic (exact) mass is 294 g/mol. The number of aliphatic hydroxyl groups excluding tert-OH is 5. The van der Waals surface area contributed by atoms with Gasteiger partial charge in [0.15, 0.2) is 0 Å². The van der Waals surface area contributed by atoms with E-state index in [9.17, 15) is 15.3 Å². The molecule has 0 saturated carbocycles. The van der Waals surface area contributed by atoms with Crippen molar-refractivity contribution in [3.63, 3.8) is 0 Å². The summed E-state index contributed by atoms with van der Waals surface area (Å²) in [7, 11) is 0. The minimum absolute atomic E-state index is 0.336. The highest BCUT2D eigenvalue weighted by molar-refractivity contribution is 4.81. The Kier molecular flexibility index (Phi) is 12.3. The standard InChI is InChI=1S/C14H30O6/c1-2-3-4-5-6-7-8-20-14(12(18)10-16)13(19)11(17)9-15/h11-19H,2-10H2,1H3. The predicted molar refractivity (Wildman–Crippen MR) is 75.3 cm³/mol. The zero-order valence-electron chi connectivity index (χ0n) is 12.3. The van der Waals surface area contributed by atoms with Crippen LogP contribution in [-0.2, 0) is 4.74 Å². The van der Waals surface area contributed by atoms with Gasteiger partial charge in [-0.2, -0.15) is 0 Å². The molecule has 0 aromatic carbocycles. The van der Waals surface area contributed by atoms with Crippen molar-refractivity contribution in [2.24, 2.45) is 0 Å². The van der Waals surface area contributed by atoms with Crippen LogP contribution in [0.25, 0.3) is 0 Å². The van der Waals surface area contributed by atoms with Crippen molar-refractivity contribution < 1.29 is 30.3 Å². The average molecular weight is 294 g/mol. The van der Waals surface area contributed by atoms with Gasteiger partial charge in [0.1, 0.15) is 24.4 Å². The molecule has 0 aliphatic rings. The molecule has 0 aromatic heterocycles. The van der Waals surface area contributed by atoms with Gasteiger partial charge < -0.3 is 30.3 Å². The molecule has 5 N–H and O–H groups in total. The Morgan fingerprint density at radius 3 is 1.90 bits per heavy atom. The molecule has 0 bridgehead atoms. The first kappa shape index (κ1) is 19.8. The molecule has 0 saturated heterocycles. The first-order valence-electron chi connectivity index (χ1n) is 7.46. The van der Waals surface area contributed by atoms with Gasteiger partial charge in [-0.1, -0.05) is 39.0 Å². The molecule has 0 rings (SSSR count). The van der Waals surface area contributed by atoms with Gasteiger partial charge in [-0.3, -0.25) is 0 Å². The maximum absolute atomic E-state index is 9.75. The molecule has 4 atom stereocenters. The highest BCUT2D eigenvalue weighted by Gasteiger charge is 2.32. The summed E-state index contributed by atoms with van der Waals surface area (Å²) in [4.78, 5) is 0. The van der Waals surface area contributed by atoms with Crippen LogP contribution in [0.2, 0.25) is 0 Å². The number of ether oxygens (including phenoxy) is 1. The number of hydrogen-bond acceptors (Lipinski definition) is 6. The normalized spacial score (nSPS) is 17.7. The third kappa shape index (κ3) is 8.14. The fourth-order valence-corrected chi connectivity index (χ4v) is 1.97. The molecule has 0 heterocycles. The van der Waals surface area contributed by atoms with Gasteiger partial charge >= 0.3 is 0 Å². The van der Waals surface area contributed by atoms with Crippen LogP contribution in [0.3, 0.4) is 0 Å². The van der Waals surface area contributed by atoms with Gasteiger partial charge in [-0.15, -0.1) is 0 Å². The van der Waals surface area contributed by atoms with Gasteiger partial charge in [0.2, 0.25) is 0 Å². The van der Waals surface area contributed by atoms with Crippen LogP contribution in [0.4, 0.5) is 0 Å². The van der Waals surface area contributed by atoms with Crippen molar-refractivity contribution in [3.05, 3.63) is 0 Å². The highest BCUT2D eigenvalue weighted by Crippen LogP contribution is 2.12. The van der Waals surface area contributed by atoms with Crippen LogP contribution in [0.1, 0.15) is 45.4 Å². The molecule has 0 aliphatic carbocycles. The predicted octanol–water partition coefficient (Wildman–Crippen LogP) is -0.201.